The van der Waals surface area contributed by atoms with Crippen LogP contribution in [-0.2, 0) is 28.5 Å². The van der Waals surface area contributed by atoms with Crippen molar-refractivity contribution in [3.8, 4) is 0 Å². The Morgan fingerprint density at radius 2 is 1.16 bits per heavy atom. The molecule has 1 aliphatic rings. The van der Waals surface area contributed by atoms with Crippen molar-refractivity contribution in [3.05, 3.63) is 48.6 Å². The zero-order chi connectivity index (χ0) is 37.4. The molecule has 0 aromatic rings. The van der Waals surface area contributed by atoms with E-state index >= 15 is 0 Å². The number of hydrogen-bond donors (Lipinski definition) is 4. The van der Waals surface area contributed by atoms with Crippen LogP contribution in [0.4, 0.5) is 0 Å². The Labute approximate surface area is 308 Å². The molecule has 6 unspecified atom stereocenters. The van der Waals surface area contributed by atoms with Gasteiger partial charge in [0.15, 0.2) is 12.4 Å². The molecule has 0 radical (unpaired) electrons. The van der Waals surface area contributed by atoms with Crippen LogP contribution in [0.5, 0.6) is 0 Å². The van der Waals surface area contributed by atoms with Crippen LogP contribution < -0.4 is 0 Å². The lowest BCUT2D eigenvalue weighted by Crippen LogP contribution is -2.59. The number of aliphatic hydroxyl groups is 4. The third kappa shape index (κ3) is 24.5. The average Bonchev–Trinajstić information content (AvgIpc) is 3.13. The van der Waals surface area contributed by atoms with Gasteiger partial charge in [0.1, 0.15) is 31.0 Å². The van der Waals surface area contributed by atoms with E-state index in [9.17, 15) is 30.0 Å². The van der Waals surface area contributed by atoms with Crippen molar-refractivity contribution in [2.75, 3.05) is 19.8 Å². The minimum absolute atomic E-state index is 0.207. The van der Waals surface area contributed by atoms with E-state index in [1.54, 1.807) is 0 Å². The summed E-state index contributed by atoms with van der Waals surface area (Å²) < 4.78 is 22.0. The van der Waals surface area contributed by atoms with Gasteiger partial charge in [-0.1, -0.05) is 114 Å². The van der Waals surface area contributed by atoms with Crippen LogP contribution in [0.3, 0.4) is 0 Å². The van der Waals surface area contributed by atoms with Crippen molar-refractivity contribution in [2.24, 2.45) is 0 Å². The van der Waals surface area contributed by atoms with Gasteiger partial charge in [0.05, 0.1) is 13.2 Å². The van der Waals surface area contributed by atoms with Crippen molar-refractivity contribution in [1.82, 2.24) is 0 Å². The van der Waals surface area contributed by atoms with Crippen molar-refractivity contribution in [2.45, 2.75) is 179 Å². The summed E-state index contributed by atoms with van der Waals surface area (Å²) in [6.07, 6.45) is 28.4. The molecule has 10 heteroatoms. The van der Waals surface area contributed by atoms with Gasteiger partial charge < -0.3 is 39.4 Å². The van der Waals surface area contributed by atoms with Gasteiger partial charge in [0, 0.05) is 12.8 Å². The molecule has 1 heterocycles. The molecule has 0 bridgehead atoms. The average molecular weight is 723 g/mol. The van der Waals surface area contributed by atoms with Gasteiger partial charge in [-0.15, -0.1) is 0 Å². The number of hydrogen-bond acceptors (Lipinski definition) is 10. The lowest BCUT2D eigenvalue weighted by atomic mass is 9.99. The Morgan fingerprint density at radius 1 is 0.627 bits per heavy atom. The Bertz CT molecular complexity index is 975. The minimum atomic E-state index is -1.60. The second-order valence-electron chi connectivity index (χ2n) is 13.3. The topological polar surface area (TPSA) is 152 Å². The predicted octanol–water partition coefficient (Wildman–Crippen LogP) is 7.32. The van der Waals surface area contributed by atoms with Gasteiger partial charge in [-0.3, -0.25) is 9.59 Å². The molecule has 0 spiro atoms. The standard InChI is InChI=1S/C41H70O10/c1-3-5-7-9-11-13-15-16-17-18-20-22-24-26-28-30-37(44)50-34(33-49-41-40(47)39(46)38(45)35(31-42)51-41)32-48-36(43)29-27-25-23-21-19-14-12-10-8-6-4-2/h5,7,10-13,16-17,34-35,38-42,45-47H,3-4,6,8-9,14-15,18-33H2,1-2H3/b7-5-,12-10-,13-11-,17-16-. The summed E-state index contributed by atoms with van der Waals surface area (Å²) in [5.41, 5.74) is 0. The molecule has 1 fully saturated rings. The first kappa shape index (κ1) is 46.7. The lowest BCUT2D eigenvalue weighted by molar-refractivity contribution is -0.305. The predicted molar refractivity (Wildman–Crippen MR) is 201 cm³/mol. The molecule has 294 valence electrons. The number of carbonyl (C=O) groups is 2. The summed E-state index contributed by atoms with van der Waals surface area (Å²) in [7, 11) is 0. The Hall–Kier alpha value is -2.34. The first-order chi connectivity index (χ1) is 24.8. The molecular formula is C41H70O10. The first-order valence-electron chi connectivity index (χ1n) is 19.7. The zero-order valence-corrected chi connectivity index (χ0v) is 31.6. The Morgan fingerprint density at radius 3 is 1.76 bits per heavy atom. The molecule has 1 saturated heterocycles. The van der Waals surface area contributed by atoms with Crippen LogP contribution in [0, 0.1) is 0 Å². The number of unbranched alkanes of at least 4 members (excludes halogenated alkanes) is 12. The van der Waals surface area contributed by atoms with E-state index in [1.807, 2.05) is 0 Å². The highest BCUT2D eigenvalue weighted by atomic mass is 16.7. The van der Waals surface area contributed by atoms with E-state index in [2.05, 4.69) is 62.5 Å². The second-order valence-corrected chi connectivity index (χ2v) is 13.3. The van der Waals surface area contributed by atoms with Crippen LogP contribution in [-0.4, -0.2) is 89.0 Å². The van der Waals surface area contributed by atoms with E-state index in [4.69, 9.17) is 18.9 Å². The molecule has 0 aromatic heterocycles. The number of carbonyl (C=O) groups excluding carboxylic acids is 2. The largest absolute Gasteiger partial charge is 0.462 e. The van der Waals surface area contributed by atoms with Gasteiger partial charge in [-0.2, -0.15) is 0 Å². The van der Waals surface area contributed by atoms with E-state index in [0.29, 0.717) is 12.8 Å². The van der Waals surface area contributed by atoms with Crippen molar-refractivity contribution in [3.63, 3.8) is 0 Å². The molecule has 6 atom stereocenters. The first-order valence-corrected chi connectivity index (χ1v) is 19.7. The normalized spacial score (nSPS) is 21.7. The molecular weight excluding hydrogens is 652 g/mol. The van der Waals surface area contributed by atoms with Gasteiger partial charge in [-0.25, -0.2) is 0 Å². The summed E-state index contributed by atoms with van der Waals surface area (Å²) in [5, 5.41) is 39.9. The maximum Gasteiger partial charge on any atom is 0.306 e. The van der Waals surface area contributed by atoms with E-state index in [-0.39, 0.29) is 26.1 Å². The SMILES string of the molecule is CC/C=C\C/C=C\C/C=C\CCCCCCCC(=O)OC(COC(=O)CCCCCCC/C=C\CCCC)COC1OC(CO)C(O)C(O)C1O. The van der Waals surface area contributed by atoms with Gasteiger partial charge >= 0.3 is 11.9 Å². The van der Waals surface area contributed by atoms with Gasteiger partial charge in [0.25, 0.3) is 0 Å². The molecule has 51 heavy (non-hydrogen) atoms. The van der Waals surface area contributed by atoms with Crippen molar-refractivity contribution < 1.29 is 49.0 Å². The van der Waals surface area contributed by atoms with Crippen LogP contribution in [0.15, 0.2) is 48.6 Å². The number of rotatable bonds is 31. The third-order valence-corrected chi connectivity index (χ3v) is 8.70. The smallest absolute Gasteiger partial charge is 0.306 e. The summed E-state index contributed by atoms with van der Waals surface area (Å²) >= 11 is 0. The highest BCUT2D eigenvalue weighted by molar-refractivity contribution is 5.70. The summed E-state index contributed by atoms with van der Waals surface area (Å²) in [6, 6.07) is 0. The monoisotopic (exact) mass is 722 g/mol. The quantitative estimate of drug-likeness (QED) is 0.0325. The number of esters is 2. The van der Waals surface area contributed by atoms with Gasteiger partial charge in [-0.05, 0) is 64.2 Å². The molecule has 0 amide bonds. The number of ether oxygens (including phenoxy) is 4. The highest BCUT2D eigenvalue weighted by Gasteiger charge is 2.44. The third-order valence-electron chi connectivity index (χ3n) is 8.70. The molecule has 1 aliphatic heterocycles. The maximum absolute atomic E-state index is 12.7. The van der Waals surface area contributed by atoms with Crippen LogP contribution in [0.25, 0.3) is 0 Å². The van der Waals surface area contributed by atoms with Crippen LogP contribution >= 0.6 is 0 Å². The zero-order valence-electron chi connectivity index (χ0n) is 31.6. The fourth-order valence-corrected chi connectivity index (χ4v) is 5.53. The van der Waals surface area contributed by atoms with Crippen LogP contribution in [0.1, 0.15) is 142 Å². The van der Waals surface area contributed by atoms with E-state index in [0.717, 1.165) is 89.9 Å². The number of allylic oxidation sites excluding steroid dienone is 8. The lowest BCUT2D eigenvalue weighted by Gasteiger charge is -2.39. The fraction of sp³-hybridized carbons (Fsp3) is 0.756. The van der Waals surface area contributed by atoms with Crippen molar-refractivity contribution in [1.29, 1.82) is 0 Å². The van der Waals surface area contributed by atoms with Crippen LogP contribution in [0.2, 0.25) is 0 Å². The number of aliphatic hydroxyl groups excluding tert-OH is 4. The highest BCUT2D eigenvalue weighted by Crippen LogP contribution is 2.22. The van der Waals surface area contributed by atoms with E-state index < -0.39 is 55.4 Å². The fourth-order valence-electron chi connectivity index (χ4n) is 5.53. The summed E-state index contributed by atoms with van der Waals surface area (Å²) in [5.74, 6) is -0.844. The van der Waals surface area contributed by atoms with Gasteiger partial charge in [0.2, 0.25) is 0 Å². The molecule has 0 aromatic carbocycles. The Balaban J connectivity index is 2.41. The van der Waals surface area contributed by atoms with E-state index in [1.165, 1.54) is 12.8 Å². The molecule has 1 rings (SSSR count). The molecule has 10 nitrogen and oxygen atoms in total. The summed E-state index contributed by atoms with van der Waals surface area (Å²) in [6.45, 7) is 3.22. The second kappa shape index (κ2) is 32.3. The molecule has 0 aliphatic carbocycles. The maximum atomic E-state index is 12.7. The summed E-state index contributed by atoms with van der Waals surface area (Å²) in [4.78, 5) is 25.2. The molecule has 4 N–H and O–H groups in total. The molecule has 0 saturated carbocycles. The Kier molecular flexibility index (Phi) is 29.6. The van der Waals surface area contributed by atoms with Crippen molar-refractivity contribution >= 4 is 11.9 Å². The minimum Gasteiger partial charge on any atom is -0.462 e.